The summed E-state index contributed by atoms with van der Waals surface area (Å²) in [5.74, 6) is 2.87. The molecule has 0 bridgehead atoms. The summed E-state index contributed by atoms with van der Waals surface area (Å²) in [6.45, 7) is 2.98. The number of aromatic nitrogens is 2. The average Bonchev–Trinajstić information content (AvgIpc) is 3.36. The zero-order valence-electron chi connectivity index (χ0n) is 15.4. The van der Waals surface area contributed by atoms with Gasteiger partial charge in [-0.15, -0.1) is 0 Å². The number of fused-ring (bicyclic) bond motifs is 1. The van der Waals surface area contributed by atoms with Crippen LogP contribution in [0, 0.1) is 0 Å². The second-order valence-corrected chi connectivity index (χ2v) is 7.22. The summed E-state index contributed by atoms with van der Waals surface area (Å²) in [5, 5.41) is 6.53. The highest BCUT2D eigenvalue weighted by Crippen LogP contribution is 2.34. The number of ether oxygens (including phenoxy) is 1. The van der Waals surface area contributed by atoms with Gasteiger partial charge < -0.3 is 9.26 Å². The van der Waals surface area contributed by atoms with Crippen molar-refractivity contribution in [1.29, 1.82) is 0 Å². The highest BCUT2D eigenvalue weighted by molar-refractivity contribution is 5.87. The number of nitrogens with zero attached hydrogens (tertiary/aromatic N) is 2. The third-order valence-corrected chi connectivity index (χ3v) is 5.23. The lowest BCUT2D eigenvalue weighted by atomic mass is 10.1. The molecule has 0 spiro atoms. The van der Waals surface area contributed by atoms with Crippen molar-refractivity contribution in [1.82, 2.24) is 10.1 Å². The molecule has 0 radical (unpaired) electrons. The van der Waals surface area contributed by atoms with Crippen molar-refractivity contribution in [3.05, 3.63) is 42.3 Å². The molecule has 1 aromatic heterocycles. The highest BCUT2D eigenvalue weighted by Gasteiger charge is 2.23. The van der Waals surface area contributed by atoms with Gasteiger partial charge in [-0.05, 0) is 48.2 Å². The van der Waals surface area contributed by atoms with E-state index in [1.165, 1.54) is 43.9 Å². The van der Waals surface area contributed by atoms with Gasteiger partial charge in [0.25, 0.3) is 0 Å². The summed E-state index contributed by atoms with van der Waals surface area (Å²) in [4.78, 5) is 4.64. The van der Waals surface area contributed by atoms with E-state index in [1.807, 2.05) is 6.07 Å². The topological polar surface area (TPSA) is 48.2 Å². The predicted octanol–water partition coefficient (Wildman–Crippen LogP) is 6.12. The van der Waals surface area contributed by atoms with Crippen LogP contribution >= 0.6 is 0 Å². The smallest absolute Gasteiger partial charge is 0.230 e. The first-order valence-corrected chi connectivity index (χ1v) is 9.84. The first-order chi connectivity index (χ1) is 12.8. The Morgan fingerprint density at radius 1 is 1.04 bits per heavy atom. The van der Waals surface area contributed by atoms with Crippen molar-refractivity contribution in [2.75, 3.05) is 6.61 Å². The van der Waals surface area contributed by atoms with E-state index in [2.05, 4.69) is 47.4 Å². The molecule has 3 aromatic rings. The Labute approximate surface area is 154 Å². The van der Waals surface area contributed by atoms with Crippen LogP contribution in [0.1, 0.15) is 63.7 Å². The van der Waals surface area contributed by atoms with E-state index in [1.54, 1.807) is 0 Å². The summed E-state index contributed by atoms with van der Waals surface area (Å²) < 4.78 is 11.4. The van der Waals surface area contributed by atoms with Crippen LogP contribution in [0.2, 0.25) is 0 Å². The van der Waals surface area contributed by atoms with Crippen LogP contribution in [-0.4, -0.2) is 16.7 Å². The number of hydrogen-bond acceptors (Lipinski definition) is 4. The fourth-order valence-corrected chi connectivity index (χ4v) is 3.69. The minimum atomic E-state index is 0.448. The Hall–Kier alpha value is -2.36. The van der Waals surface area contributed by atoms with Gasteiger partial charge in [0.2, 0.25) is 11.7 Å². The van der Waals surface area contributed by atoms with Gasteiger partial charge in [0.1, 0.15) is 5.75 Å². The summed E-state index contributed by atoms with van der Waals surface area (Å²) in [5.41, 5.74) is 1.00. The molecule has 0 atom stereocenters. The molecule has 1 aliphatic carbocycles. The first-order valence-electron chi connectivity index (χ1n) is 9.84. The lowest BCUT2D eigenvalue weighted by Gasteiger charge is -2.07. The lowest BCUT2D eigenvalue weighted by Crippen LogP contribution is -1.96. The summed E-state index contributed by atoms with van der Waals surface area (Å²) in [6.07, 6.45) is 8.39. The predicted molar refractivity (Wildman–Crippen MR) is 103 cm³/mol. The summed E-state index contributed by atoms with van der Waals surface area (Å²) >= 11 is 0. The molecule has 136 valence electrons. The number of unbranched alkanes of at least 4 members (excludes halogenated alkanes) is 2. The van der Waals surface area contributed by atoms with E-state index in [-0.39, 0.29) is 0 Å². The van der Waals surface area contributed by atoms with Crippen molar-refractivity contribution in [2.24, 2.45) is 0 Å². The van der Waals surface area contributed by atoms with Gasteiger partial charge in [0.15, 0.2) is 0 Å². The van der Waals surface area contributed by atoms with E-state index in [0.29, 0.717) is 11.7 Å². The van der Waals surface area contributed by atoms with Crippen LogP contribution in [0.15, 0.2) is 40.9 Å². The monoisotopic (exact) mass is 350 g/mol. The number of hydrogen-bond donors (Lipinski definition) is 0. The third-order valence-electron chi connectivity index (χ3n) is 5.23. The zero-order chi connectivity index (χ0) is 17.8. The molecule has 0 amide bonds. The maximum absolute atomic E-state index is 5.85. The largest absolute Gasteiger partial charge is 0.494 e. The van der Waals surface area contributed by atoms with E-state index in [9.17, 15) is 0 Å². The van der Waals surface area contributed by atoms with Crippen LogP contribution in [0.4, 0.5) is 0 Å². The lowest BCUT2D eigenvalue weighted by molar-refractivity contribution is 0.306. The molecule has 0 aliphatic heterocycles. The second kappa shape index (κ2) is 7.90. The zero-order valence-corrected chi connectivity index (χ0v) is 15.4. The van der Waals surface area contributed by atoms with E-state index >= 15 is 0 Å². The van der Waals surface area contributed by atoms with E-state index < -0.39 is 0 Å². The van der Waals surface area contributed by atoms with Gasteiger partial charge in [-0.2, -0.15) is 4.98 Å². The van der Waals surface area contributed by atoms with Gasteiger partial charge in [-0.3, -0.25) is 0 Å². The molecule has 4 nitrogen and oxygen atoms in total. The SMILES string of the molecule is CCCCCOc1ccc2cc(-c3noc(C4CCCC4)n3)ccc2c1. The number of rotatable bonds is 7. The Morgan fingerprint density at radius 3 is 2.69 bits per heavy atom. The van der Waals surface area contributed by atoms with Crippen LogP contribution in [-0.2, 0) is 0 Å². The fourth-order valence-electron chi connectivity index (χ4n) is 3.69. The minimum absolute atomic E-state index is 0.448. The summed E-state index contributed by atoms with van der Waals surface area (Å²) in [6, 6.07) is 12.5. The average molecular weight is 350 g/mol. The third kappa shape index (κ3) is 3.74. The Bertz CT molecular complexity index is 865. The Kier molecular flexibility index (Phi) is 5.19. The first kappa shape index (κ1) is 17.1. The molecular weight excluding hydrogens is 324 g/mol. The Morgan fingerprint density at radius 2 is 1.85 bits per heavy atom. The van der Waals surface area contributed by atoms with Crippen molar-refractivity contribution in [2.45, 2.75) is 57.8 Å². The van der Waals surface area contributed by atoms with Crippen molar-refractivity contribution < 1.29 is 9.26 Å². The van der Waals surface area contributed by atoms with E-state index in [0.717, 1.165) is 35.6 Å². The fraction of sp³-hybridized carbons (Fsp3) is 0.455. The minimum Gasteiger partial charge on any atom is -0.494 e. The summed E-state index contributed by atoms with van der Waals surface area (Å²) in [7, 11) is 0. The van der Waals surface area contributed by atoms with Gasteiger partial charge in [-0.1, -0.05) is 56.0 Å². The Balaban J connectivity index is 1.50. The van der Waals surface area contributed by atoms with E-state index in [4.69, 9.17) is 9.26 Å². The standard InChI is InChI=1S/C22H26N2O2/c1-2-3-6-13-25-20-12-11-17-14-19(10-9-18(17)15-20)21-23-22(26-24-21)16-7-4-5-8-16/h9-12,14-16H,2-8,13H2,1H3. The van der Waals surface area contributed by atoms with Gasteiger partial charge >= 0.3 is 0 Å². The molecule has 4 heteroatoms. The van der Waals surface area contributed by atoms with Crippen LogP contribution in [0.5, 0.6) is 5.75 Å². The molecule has 1 aliphatic rings. The maximum Gasteiger partial charge on any atom is 0.230 e. The molecule has 1 saturated carbocycles. The van der Waals surface area contributed by atoms with Crippen LogP contribution in [0.25, 0.3) is 22.2 Å². The van der Waals surface area contributed by atoms with Crippen molar-refractivity contribution >= 4 is 10.8 Å². The molecular formula is C22H26N2O2. The molecule has 0 saturated heterocycles. The molecule has 1 fully saturated rings. The van der Waals surface area contributed by atoms with Gasteiger partial charge in [0.05, 0.1) is 6.61 Å². The van der Waals surface area contributed by atoms with Crippen molar-refractivity contribution in [3.8, 4) is 17.1 Å². The quantitative estimate of drug-likeness (QED) is 0.482. The molecule has 26 heavy (non-hydrogen) atoms. The molecule has 4 rings (SSSR count). The maximum atomic E-state index is 5.85. The van der Waals surface area contributed by atoms with Crippen LogP contribution < -0.4 is 4.74 Å². The van der Waals surface area contributed by atoms with Gasteiger partial charge in [0, 0.05) is 11.5 Å². The number of benzene rings is 2. The molecule has 1 heterocycles. The molecule has 2 aromatic carbocycles. The van der Waals surface area contributed by atoms with Gasteiger partial charge in [-0.25, -0.2) is 0 Å². The highest BCUT2D eigenvalue weighted by atomic mass is 16.5. The van der Waals surface area contributed by atoms with Crippen LogP contribution in [0.3, 0.4) is 0 Å². The van der Waals surface area contributed by atoms with Crippen molar-refractivity contribution in [3.63, 3.8) is 0 Å². The molecule has 0 N–H and O–H groups in total. The normalized spacial score (nSPS) is 15.0. The second-order valence-electron chi connectivity index (χ2n) is 7.22. The molecule has 0 unspecified atom stereocenters.